The van der Waals surface area contributed by atoms with Gasteiger partial charge in [-0.1, -0.05) is 6.07 Å². The van der Waals surface area contributed by atoms with Crippen LogP contribution in [0.3, 0.4) is 0 Å². The molecule has 4 nitrogen and oxygen atoms in total. The van der Waals surface area contributed by atoms with Crippen molar-refractivity contribution in [2.45, 2.75) is 32.4 Å². The summed E-state index contributed by atoms with van der Waals surface area (Å²) < 4.78 is 5.79. The number of nitrogens with two attached hydrogens (primary N) is 1. The molecular formula is C13H23N3O. The van der Waals surface area contributed by atoms with Crippen LogP contribution < -0.4 is 10.5 Å². The summed E-state index contributed by atoms with van der Waals surface area (Å²) in [6.07, 6.45) is 1.73. The molecule has 0 fully saturated rings. The first-order valence-corrected chi connectivity index (χ1v) is 5.85. The Bertz CT molecular complexity index is 361. The maximum Gasteiger partial charge on any atom is 0.218 e. The van der Waals surface area contributed by atoms with Gasteiger partial charge in [0.2, 0.25) is 5.88 Å². The zero-order chi connectivity index (χ0) is 13.1. The minimum Gasteiger partial charge on any atom is -0.475 e. The molecule has 0 aliphatic heterocycles. The van der Waals surface area contributed by atoms with Crippen LogP contribution in [0.4, 0.5) is 0 Å². The number of likely N-dealkylation sites (N-methyl/N-ethyl adjacent to an activating group) is 1. The fourth-order valence-electron chi connectivity index (χ4n) is 1.24. The lowest BCUT2D eigenvalue weighted by atomic mass is 10.1. The first-order valence-electron chi connectivity index (χ1n) is 5.85. The van der Waals surface area contributed by atoms with Crippen LogP contribution in [0.5, 0.6) is 5.88 Å². The SMILES string of the molecule is C[C@@H](N)c1cccnc1OCC(C)(C)N(C)C. The predicted molar refractivity (Wildman–Crippen MR) is 70.1 cm³/mol. The Hall–Kier alpha value is -1.13. The van der Waals surface area contributed by atoms with Crippen molar-refractivity contribution in [2.24, 2.45) is 5.73 Å². The minimum atomic E-state index is -0.0684. The van der Waals surface area contributed by atoms with Crippen LogP contribution in [-0.2, 0) is 0 Å². The normalized spacial score (nSPS) is 13.8. The van der Waals surface area contributed by atoms with Gasteiger partial charge in [-0.05, 0) is 40.9 Å². The highest BCUT2D eigenvalue weighted by Gasteiger charge is 2.22. The lowest BCUT2D eigenvalue weighted by molar-refractivity contribution is 0.110. The van der Waals surface area contributed by atoms with Crippen molar-refractivity contribution in [1.82, 2.24) is 9.88 Å². The second kappa shape index (κ2) is 5.47. The van der Waals surface area contributed by atoms with Gasteiger partial charge in [0.25, 0.3) is 0 Å². The maximum atomic E-state index is 5.88. The van der Waals surface area contributed by atoms with E-state index in [1.165, 1.54) is 0 Å². The van der Waals surface area contributed by atoms with Gasteiger partial charge in [-0.2, -0.15) is 0 Å². The van der Waals surface area contributed by atoms with Crippen LogP contribution in [0.2, 0.25) is 0 Å². The first-order chi connectivity index (χ1) is 7.84. The van der Waals surface area contributed by atoms with Crippen LogP contribution in [0.1, 0.15) is 32.4 Å². The van der Waals surface area contributed by atoms with Gasteiger partial charge in [0.1, 0.15) is 6.61 Å². The summed E-state index contributed by atoms with van der Waals surface area (Å²) in [6, 6.07) is 3.76. The quantitative estimate of drug-likeness (QED) is 0.848. The predicted octanol–water partition coefficient (Wildman–Crippen LogP) is 1.82. The molecule has 96 valence electrons. The smallest absolute Gasteiger partial charge is 0.218 e. The van der Waals surface area contributed by atoms with E-state index in [9.17, 15) is 0 Å². The average Bonchev–Trinajstić information content (AvgIpc) is 2.26. The molecule has 1 aromatic rings. The van der Waals surface area contributed by atoms with Gasteiger partial charge in [-0.15, -0.1) is 0 Å². The zero-order valence-corrected chi connectivity index (χ0v) is 11.4. The molecule has 0 aliphatic rings. The lowest BCUT2D eigenvalue weighted by Crippen LogP contribution is -2.43. The second-order valence-electron chi connectivity index (χ2n) is 5.18. The van der Waals surface area contributed by atoms with Crippen molar-refractivity contribution >= 4 is 0 Å². The molecule has 0 bridgehead atoms. The van der Waals surface area contributed by atoms with Crippen molar-refractivity contribution in [3.05, 3.63) is 23.9 Å². The molecule has 1 heterocycles. The lowest BCUT2D eigenvalue weighted by Gasteiger charge is -2.32. The summed E-state index contributed by atoms with van der Waals surface area (Å²) in [5, 5.41) is 0. The summed E-state index contributed by atoms with van der Waals surface area (Å²) in [4.78, 5) is 6.37. The highest BCUT2D eigenvalue weighted by atomic mass is 16.5. The molecule has 0 radical (unpaired) electrons. The van der Waals surface area contributed by atoms with Gasteiger partial charge in [0.05, 0.1) is 0 Å². The molecule has 0 spiro atoms. The van der Waals surface area contributed by atoms with E-state index in [-0.39, 0.29) is 11.6 Å². The molecule has 0 unspecified atom stereocenters. The number of rotatable bonds is 5. The fraction of sp³-hybridized carbons (Fsp3) is 0.615. The summed E-state index contributed by atoms with van der Waals surface area (Å²) in [5.41, 5.74) is 6.79. The van der Waals surface area contributed by atoms with E-state index in [1.54, 1.807) is 6.20 Å². The number of nitrogens with zero attached hydrogens (tertiary/aromatic N) is 2. The second-order valence-corrected chi connectivity index (χ2v) is 5.18. The molecule has 1 atom stereocenters. The number of aromatic nitrogens is 1. The van der Waals surface area contributed by atoms with E-state index >= 15 is 0 Å². The van der Waals surface area contributed by atoms with Gasteiger partial charge >= 0.3 is 0 Å². The van der Waals surface area contributed by atoms with Crippen LogP contribution in [0.25, 0.3) is 0 Å². The third-order valence-electron chi connectivity index (χ3n) is 3.06. The Morgan fingerprint density at radius 3 is 2.65 bits per heavy atom. The van der Waals surface area contributed by atoms with Gasteiger partial charge in [-0.3, -0.25) is 0 Å². The number of ether oxygens (including phenoxy) is 1. The Labute approximate surface area is 104 Å². The van der Waals surface area contributed by atoms with Crippen molar-refractivity contribution in [1.29, 1.82) is 0 Å². The number of pyridine rings is 1. The molecule has 0 saturated heterocycles. The highest BCUT2D eigenvalue weighted by molar-refractivity contribution is 5.28. The summed E-state index contributed by atoms with van der Waals surface area (Å²) >= 11 is 0. The highest BCUT2D eigenvalue weighted by Crippen LogP contribution is 2.22. The van der Waals surface area contributed by atoms with Crippen LogP contribution in [0, 0.1) is 0 Å². The molecular weight excluding hydrogens is 214 g/mol. The van der Waals surface area contributed by atoms with E-state index in [2.05, 4.69) is 23.7 Å². The molecule has 4 heteroatoms. The number of hydrogen-bond acceptors (Lipinski definition) is 4. The van der Waals surface area contributed by atoms with Crippen molar-refractivity contribution in [3.8, 4) is 5.88 Å². The molecule has 17 heavy (non-hydrogen) atoms. The van der Waals surface area contributed by atoms with Gasteiger partial charge in [0, 0.05) is 23.3 Å². The van der Waals surface area contributed by atoms with Gasteiger partial charge < -0.3 is 15.4 Å². The average molecular weight is 237 g/mol. The van der Waals surface area contributed by atoms with Crippen LogP contribution >= 0.6 is 0 Å². The topological polar surface area (TPSA) is 51.4 Å². The molecule has 0 aliphatic carbocycles. The number of hydrogen-bond donors (Lipinski definition) is 1. The molecule has 1 aromatic heterocycles. The third kappa shape index (κ3) is 3.68. The molecule has 0 aromatic carbocycles. The summed E-state index contributed by atoms with van der Waals surface area (Å²) in [6.45, 7) is 6.76. The van der Waals surface area contributed by atoms with Gasteiger partial charge in [-0.25, -0.2) is 4.98 Å². The fourth-order valence-corrected chi connectivity index (χ4v) is 1.24. The molecule has 0 saturated carbocycles. The molecule has 1 rings (SSSR count). The van der Waals surface area contributed by atoms with E-state index in [0.29, 0.717) is 12.5 Å². The van der Waals surface area contributed by atoms with Crippen molar-refractivity contribution < 1.29 is 4.74 Å². The van der Waals surface area contributed by atoms with Crippen LogP contribution in [-0.4, -0.2) is 36.1 Å². The van der Waals surface area contributed by atoms with Crippen molar-refractivity contribution in [2.75, 3.05) is 20.7 Å². The van der Waals surface area contributed by atoms with Gasteiger partial charge in [0.15, 0.2) is 0 Å². The van der Waals surface area contributed by atoms with E-state index in [0.717, 1.165) is 5.56 Å². The Morgan fingerprint density at radius 1 is 1.47 bits per heavy atom. The monoisotopic (exact) mass is 237 g/mol. The Balaban J connectivity index is 2.76. The molecule has 0 amide bonds. The first kappa shape index (κ1) is 13.9. The van der Waals surface area contributed by atoms with Crippen LogP contribution in [0.15, 0.2) is 18.3 Å². The summed E-state index contributed by atoms with van der Waals surface area (Å²) in [7, 11) is 4.07. The minimum absolute atomic E-state index is 0.0351. The zero-order valence-electron chi connectivity index (χ0n) is 11.4. The van der Waals surface area contributed by atoms with E-state index in [4.69, 9.17) is 10.5 Å². The van der Waals surface area contributed by atoms with Crippen molar-refractivity contribution in [3.63, 3.8) is 0 Å². The Kier molecular flexibility index (Phi) is 4.48. The Morgan fingerprint density at radius 2 is 2.12 bits per heavy atom. The standard InChI is InChI=1S/C13H23N3O/c1-10(14)11-7-6-8-15-12(11)17-9-13(2,3)16(4)5/h6-8,10H,9,14H2,1-5H3/t10-/m1/s1. The van der Waals surface area contributed by atoms with E-state index in [1.807, 2.05) is 33.2 Å². The largest absolute Gasteiger partial charge is 0.475 e. The third-order valence-corrected chi connectivity index (χ3v) is 3.06. The maximum absolute atomic E-state index is 5.88. The molecule has 2 N–H and O–H groups in total. The van der Waals surface area contributed by atoms with E-state index < -0.39 is 0 Å². The summed E-state index contributed by atoms with van der Waals surface area (Å²) in [5.74, 6) is 0.637.